The molecule has 0 radical (unpaired) electrons. The van der Waals surface area contributed by atoms with E-state index in [1.165, 1.54) is 11.1 Å². The van der Waals surface area contributed by atoms with Crippen molar-refractivity contribution in [3.05, 3.63) is 95.1 Å². The lowest BCUT2D eigenvalue weighted by atomic mass is 10.1. The van der Waals surface area contributed by atoms with Crippen molar-refractivity contribution in [3.8, 4) is 5.75 Å². The van der Waals surface area contributed by atoms with Gasteiger partial charge in [0.1, 0.15) is 12.4 Å². The van der Waals surface area contributed by atoms with E-state index in [-0.39, 0.29) is 0 Å². The zero-order valence-corrected chi connectivity index (χ0v) is 14.1. The number of nitrogens with zero attached hydrogens (tertiary/aromatic N) is 1. The quantitative estimate of drug-likeness (QED) is 0.559. The van der Waals surface area contributed by atoms with Crippen LogP contribution >= 0.6 is 0 Å². The number of hydrogen-bond acceptors (Lipinski definition) is 2. The molecule has 24 heavy (non-hydrogen) atoms. The molecular formula is C22H21NO. The van der Waals surface area contributed by atoms with Crippen molar-refractivity contribution in [1.82, 2.24) is 0 Å². The van der Waals surface area contributed by atoms with Crippen molar-refractivity contribution in [2.45, 2.75) is 20.5 Å². The minimum atomic E-state index is 0.580. The third-order valence-corrected chi connectivity index (χ3v) is 3.83. The first kappa shape index (κ1) is 16.0. The van der Waals surface area contributed by atoms with Gasteiger partial charge in [-0.15, -0.1) is 0 Å². The summed E-state index contributed by atoms with van der Waals surface area (Å²) >= 11 is 0. The molecule has 0 spiro atoms. The second-order valence-electron chi connectivity index (χ2n) is 5.89. The highest BCUT2D eigenvalue weighted by atomic mass is 16.5. The molecule has 2 heteroatoms. The van der Waals surface area contributed by atoms with Crippen LogP contribution in [0.2, 0.25) is 0 Å². The monoisotopic (exact) mass is 315 g/mol. The number of hydrogen-bond donors (Lipinski definition) is 0. The smallest absolute Gasteiger partial charge is 0.119 e. The van der Waals surface area contributed by atoms with Crippen LogP contribution in [-0.2, 0) is 6.61 Å². The van der Waals surface area contributed by atoms with E-state index in [4.69, 9.17) is 4.74 Å². The Kier molecular flexibility index (Phi) is 5.07. The molecule has 3 rings (SSSR count). The highest BCUT2D eigenvalue weighted by Gasteiger charge is 1.98. The molecule has 0 bridgehead atoms. The van der Waals surface area contributed by atoms with Crippen LogP contribution in [0.25, 0.3) is 0 Å². The second kappa shape index (κ2) is 7.60. The maximum Gasteiger partial charge on any atom is 0.119 e. The van der Waals surface area contributed by atoms with Crippen LogP contribution in [0.4, 0.5) is 5.69 Å². The Hall–Kier alpha value is -2.87. The van der Waals surface area contributed by atoms with E-state index in [9.17, 15) is 0 Å². The predicted octanol–water partition coefficient (Wildman–Crippen LogP) is 5.63. The van der Waals surface area contributed by atoms with Crippen molar-refractivity contribution >= 4 is 11.9 Å². The second-order valence-corrected chi connectivity index (χ2v) is 5.89. The Morgan fingerprint density at radius 2 is 1.62 bits per heavy atom. The molecule has 0 aromatic heterocycles. The third-order valence-electron chi connectivity index (χ3n) is 3.83. The predicted molar refractivity (Wildman–Crippen MR) is 100 cm³/mol. The van der Waals surface area contributed by atoms with Crippen molar-refractivity contribution in [1.29, 1.82) is 0 Å². The summed E-state index contributed by atoms with van der Waals surface area (Å²) in [5, 5.41) is 0. The molecule has 0 amide bonds. The summed E-state index contributed by atoms with van der Waals surface area (Å²) in [4.78, 5) is 4.57. The minimum absolute atomic E-state index is 0.580. The summed E-state index contributed by atoms with van der Waals surface area (Å²) in [6.07, 6.45) is 1.89. The first-order valence-electron chi connectivity index (χ1n) is 8.09. The Bertz CT molecular complexity index is 820. The Morgan fingerprint density at radius 3 is 2.33 bits per heavy atom. The Labute approximate surface area is 143 Å². The van der Waals surface area contributed by atoms with E-state index in [2.05, 4.69) is 49.2 Å². The fraction of sp³-hybridized carbons (Fsp3) is 0.136. The molecule has 2 nitrogen and oxygen atoms in total. The van der Waals surface area contributed by atoms with Crippen LogP contribution in [0.1, 0.15) is 22.3 Å². The van der Waals surface area contributed by atoms with Crippen LogP contribution in [0.15, 0.2) is 77.8 Å². The summed E-state index contributed by atoms with van der Waals surface area (Å²) in [6, 6.07) is 24.4. The lowest BCUT2D eigenvalue weighted by Crippen LogP contribution is -1.95. The Balaban J connectivity index is 1.63. The van der Waals surface area contributed by atoms with E-state index in [0.717, 1.165) is 22.6 Å². The Morgan fingerprint density at radius 1 is 0.875 bits per heavy atom. The summed E-state index contributed by atoms with van der Waals surface area (Å²) in [5.74, 6) is 0.863. The van der Waals surface area contributed by atoms with Gasteiger partial charge in [-0.05, 0) is 60.9 Å². The zero-order chi connectivity index (χ0) is 16.8. The molecule has 0 N–H and O–H groups in total. The molecule has 0 heterocycles. The number of ether oxygens (including phenoxy) is 1. The van der Waals surface area contributed by atoms with Gasteiger partial charge in [-0.3, -0.25) is 4.99 Å². The van der Waals surface area contributed by atoms with Crippen LogP contribution in [0.3, 0.4) is 0 Å². The maximum atomic E-state index is 5.80. The molecule has 0 atom stereocenters. The minimum Gasteiger partial charge on any atom is -0.489 e. The van der Waals surface area contributed by atoms with Gasteiger partial charge in [-0.2, -0.15) is 0 Å². The van der Waals surface area contributed by atoms with Crippen molar-refractivity contribution < 1.29 is 4.74 Å². The average Bonchev–Trinajstić information content (AvgIpc) is 2.61. The molecule has 0 fully saturated rings. The highest BCUT2D eigenvalue weighted by molar-refractivity contribution is 5.82. The number of rotatable bonds is 5. The molecule has 3 aromatic carbocycles. The molecule has 0 aliphatic carbocycles. The average molecular weight is 315 g/mol. The lowest BCUT2D eigenvalue weighted by molar-refractivity contribution is 0.306. The first-order valence-corrected chi connectivity index (χ1v) is 8.09. The van der Waals surface area contributed by atoms with Crippen molar-refractivity contribution in [2.24, 2.45) is 4.99 Å². The van der Waals surface area contributed by atoms with E-state index < -0.39 is 0 Å². The normalized spacial score (nSPS) is 10.9. The molecule has 3 aromatic rings. The fourth-order valence-corrected chi connectivity index (χ4v) is 2.49. The molecule has 0 aliphatic rings. The number of benzene rings is 3. The summed E-state index contributed by atoms with van der Waals surface area (Å²) in [6.45, 7) is 4.76. The van der Waals surface area contributed by atoms with E-state index in [1.807, 2.05) is 48.7 Å². The molecule has 0 unspecified atom stereocenters. The van der Waals surface area contributed by atoms with Crippen molar-refractivity contribution in [2.75, 3.05) is 0 Å². The van der Waals surface area contributed by atoms with E-state index in [1.54, 1.807) is 0 Å². The maximum absolute atomic E-state index is 5.80. The summed E-state index contributed by atoms with van der Waals surface area (Å²) in [7, 11) is 0. The first-order chi connectivity index (χ1) is 11.7. The van der Waals surface area contributed by atoms with Gasteiger partial charge in [-0.25, -0.2) is 0 Å². The van der Waals surface area contributed by atoms with Gasteiger partial charge >= 0.3 is 0 Å². The zero-order valence-electron chi connectivity index (χ0n) is 14.1. The molecular weight excluding hydrogens is 294 g/mol. The van der Waals surface area contributed by atoms with Gasteiger partial charge in [0, 0.05) is 6.21 Å². The van der Waals surface area contributed by atoms with Crippen molar-refractivity contribution in [3.63, 3.8) is 0 Å². The lowest BCUT2D eigenvalue weighted by Gasteiger charge is -2.06. The molecule has 0 saturated carbocycles. The van der Waals surface area contributed by atoms with Crippen LogP contribution in [0, 0.1) is 13.8 Å². The van der Waals surface area contributed by atoms with E-state index >= 15 is 0 Å². The highest BCUT2D eigenvalue weighted by Crippen LogP contribution is 2.20. The van der Waals surface area contributed by atoms with E-state index in [0.29, 0.717) is 6.61 Å². The van der Waals surface area contributed by atoms with Crippen LogP contribution in [0.5, 0.6) is 5.75 Å². The SMILES string of the molecule is Cc1ccc(N=Cc2ccc(OCc3ccccc3)cc2)c(C)c1. The van der Waals surface area contributed by atoms with Gasteiger partial charge in [0.15, 0.2) is 0 Å². The van der Waals surface area contributed by atoms with Gasteiger partial charge in [-0.1, -0.05) is 48.0 Å². The standard InChI is InChI=1S/C22H21NO/c1-17-8-13-22(18(2)14-17)23-15-19-9-11-21(12-10-19)24-16-20-6-4-3-5-7-20/h3-15H,16H2,1-2H3. The van der Waals surface area contributed by atoms with Crippen LogP contribution in [-0.4, -0.2) is 6.21 Å². The fourth-order valence-electron chi connectivity index (χ4n) is 2.49. The molecule has 120 valence electrons. The number of aliphatic imine (C=N–C) groups is 1. The van der Waals surface area contributed by atoms with Gasteiger partial charge in [0.2, 0.25) is 0 Å². The van der Waals surface area contributed by atoms with Gasteiger partial charge in [0.05, 0.1) is 5.69 Å². The third kappa shape index (κ3) is 4.32. The largest absolute Gasteiger partial charge is 0.489 e. The van der Waals surface area contributed by atoms with Gasteiger partial charge in [0.25, 0.3) is 0 Å². The molecule has 0 saturated heterocycles. The summed E-state index contributed by atoms with van der Waals surface area (Å²) < 4.78 is 5.80. The van der Waals surface area contributed by atoms with Gasteiger partial charge < -0.3 is 4.74 Å². The topological polar surface area (TPSA) is 21.6 Å². The van der Waals surface area contributed by atoms with Crippen LogP contribution < -0.4 is 4.74 Å². The summed E-state index contributed by atoms with van der Waals surface area (Å²) in [5.41, 5.74) is 5.67. The number of aryl methyl sites for hydroxylation is 2. The molecule has 0 aliphatic heterocycles.